The summed E-state index contributed by atoms with van der Waals surface area (Å²) in [5.41, 5.74) is 6.00. The minimum Gasteiger partial charge on any atom is -0.366 e. The van der Waals surface area contributed by atoms with E-state index >= 15 is 0 Å². The summed E-state index contributed by atoms with van der Waals surface area (Å²) in [6, 6.07) is 11.9. The third kappa shape index (κ3) is 3.61. The van der Waals surface area contributed by atoms with E-state index in [9.17, 15) is 18.0 Å². The van der Waals surface area contributed by atoms with E-state index in [1.54, 1.807) is 18.2 Å². The Balaban J connectivity index is 2.25. The smallest absolute Gasteiger partial charge is 0.255 e. The topological polar surface area (TPSA) is 110 Å². The molecule has 126 valence electrons. The second kappa shape index (κ2) is 6.81. The molecule has 0 heterocycles. The van der Waals surface area contributed by atoms with Crippen LogP contribution in [0.5, 0.6) is 0 Å². The number of carbonyl (C=O) groups is 2. The van der Waals surface area contributed by atoms with Gasteiger partial charge >= 0.3 is 0 Å². The highest BCUT2D eigenvalue weighted by Gasteiger charge is 2.18. The van der Waals surface area contributed by atoms with E-state index in [2.05, 4.69) is 5.32 Å². The number of sulfonamides is 1. The lowest BCUT2D eigenvalue weighted by Gasteiger charge is -2.12. The highest BCUT2D eigenvalue weighted by Crippen LogP contribution is 2.17. The van der Waals surface area contributed by atoms with Gasteiger partial charge in [-0.15, -0.1) is 0 Å². The molecule has 2 amide bonds. The van der Waals surface area contributed by atoms with Gasteiger partial charge in [-0.25, -0.2) is 12.7 Å². The number of nitrogens with two attached hydrogens (primary N) is 1. The maximum atomic E-state index is 12.3. The molecular formula is C16H17N3O4S. The largest absolute Gasteiger partial charge is 0.366 e. The third-order valence-electron chi connectivity index (χ3n) is 3.34. The number of hydrogen-bond donors (Lipinski definition) is 2. The minimum absolute atomic E-state index is 0.0848. The Morgan fingerprint density at radius 1 is 1.00 bits per heavy atom. The summed E-state index contributed by atoms with van der Waals surface area (Å²) in [4.78, 5) is 23.7. The van der Waals surface area contributed by atoms with Gasteiger partial charge in [-0.3, -0.25) is 9.59 Å². The quantitative estimate of drug-likeness (QED) is 0.849. The SMILES string of the molecule is CN(C)S(=O)(=O)c1ccc(C(=O)Nc2ccccc2C(N)=O)cc1. The van der Waals surface area contributed by atoms with E-state index in [0.717, 1.165) is 4.31 Å². The maximum Gasteiger partial charge on any atom is 0.255 e. The van der Waals surface area contributed by atoms with Crippen LogP contribution in [0, 0.1) is 0 Å². The lowest BCUT2D eigenvalue weighted by Crippen LogP contribution is -2.22. The fourth-order valence-corrected chi connectivity index (χ4v) is 2.89. The average molecular weight is 347 g/mol. The number of hydrogen-bond acceptors (Lipinski definition) is 4. The van der Waals surface area contributed by atoms with Crippen molar-refractivity contribution in [3.05, 3.63) is 59.7 Å². The van der Waals surface area contributed by atoms with Gasteiger partial charge in [-0.05, 0) is 36.4 Å². The molecule has 0 spiro atoms. The molecule has 2 aromatic rings. The van der Waals surface area contributed by atoms with Crippen LogP contribution in [0.3, 0.4) is 0 Å². The minimum atomic E-state index is -3.56. The van der Waals surface area contributed by atoms with Crippen LogP contribution >= 0.6 is 0 Å². The van der Waals surface area contributed by atoms with Gasteiger partial charge in [0.15, 0.2) is 0 Å². The predicted molar refractivity (Wildman–Crippen MR) is 90.2 cm³/mol. The van der Waals surface area contributed by atoms with Gasteiger partial charge in [0.05, 0.1) is 16.1 Å². The number of anilines is 1. The zero-order valence-electron chi connectivity index (χ0n) is 13.2. The van der Waals surface area contributed by atoms with E-state index in [-0.39, 0.29) is 16.0 Å². The fraction of sp³-hybridized carbons (Fsp3) is 0.125. The molecule has 0 bridgehead atoms. The maximum absolute atomic E-state index is 12.3. The van der Waals surface area contributed by atoms with Crippen molar-refractivity contribution < 1.29 is 18.0 Å². The number of nitrogens with one attached hydrogen (secondary N) is 1. The van der Waals surface area contributed by atoms with Crippen molar-refractivity contribution in [2.45, 2.75) is 4.90 Å². The lowest BCUT2D eigenvalue weighted by molar-refractivity contribution is 0.100. The van der Waals surface area contributed by atoms with Gasteiger partial charge in [0.1, 0.15) is 0 Å². The summed E-state index contributed by atoms with van der Waals surface area (Å²) in [5.74, 6) is -1.13. The van der Waals surface area contributed by atoms with Crippen LogP contribution < -0.4 is 11.1 Å². The van der Waals surface area contributed by atoms with E-state index in [4.69, 9.17) is 5.73 Å². The Morgan fingerprint density at radius 2 is 1.58 bits per heavy atom. The number of nitrogens with zero attached hydrogens (tertiary/aromatic N) is 1. The zero-order valence-corrected chi connectivity index (χ0v) is 14.0. The predicted octanol–water partition coefficient (Wildman–Crippen LogP) is 1.29. The van der Waals surface area contributed by atoms with E-state index in [0.29, 0.717) is 5.69 Å². The molecular weight excluding hydrogens is 330 g/mol. The van der Waals surface area contributed by atoms with Crippen molar-refractivity contribution in [2.75, 3.05) is 19.4 Å². The van der Waals surface area contributed by atoms with Crippen LogP contribution in [-0.2, 0) is 10.0 Å². The van der Waals surface area contributed by atoms with Crippen LogP contribution in [0.1, 0.15) is 20.7 Å². The summed E-state index contributed by atoms with van der Waals surface area (Å²) in [6.07, 6.45) is 0. The number of primary amides is 1. The molecule has 3 N–H and O–H groups in total. The molecule has 0 saturated carbocycles. The van der Waals surface area contributed by atoms with Gasteiger partial charge in [0, 0.05) is 19.7 Å². The monoisotopic (exact) mass is 347 g/mol. The van der Waals surface area contributed by atoms with Crippen molar-refractivity contribution in [1.82, 2.24) is 4.31 Å². The van der Waals surface area contributed by atoms with E-state index < -0.39 is 21.8 Å². The number of amides is 2. The fourth-order valence-electron chi connectivity index (χ4n) is 1.99. The van der Waals surface area contributed by atoms with Crippen molar-refractivity contribution in [1.29, 1.82) is 0 Å². The summed E-state index contributed by atoms with van der Waals surface area (Å²) >= 11 is 0. The Kier molecular flexibility index (Phi) is 5.01. The van der Waals surface area contributed by atoms with E-state index in [1.807, 2.05) is 0 Å². The van der Waals surface area contributed by atoms with E-state index in [1.165, 1.54) is 44.4 Å². The molecule has 7 nitrogen and oxygen atoms in total. The average Bonchev–Trinajstić information content (AvgIpc) is 2.55. The molecule has 0 unspecified atom stereocenters. The van der Waals surface area contributed by atoms with Crippen molar-refractivity contribution >= 4 is 27.5 Å². The first-order chi connectivity index (χ1) is 11.2. The lowest BCUT2D eigenvalue weighted by atomic mass is 10.1. The van der Waals surface area contributed by atoms with Crippen LogP contribution in [0.2, 0.25) is 0 Å². The Labute approximate surface area is 140 Å². The normalized spacial score (nSPS) is 11.3. The molecule has 2 rings (SSSR count). The second-order valence-electron chi connectivity index (χ2n) is 5.18. The summed E-state index contributed by atoms with van der Waals surface area (Å²) in [7, 11) is -0.701. The van der Waals surface area contributed by atoms with Crippen LogP contribution in [-0.4, -0.2) is 38.6 Å². The number of benzene rings is 2. The van der Waals surface area contributed by atoms with Gasteiger partial charge in [0.25, 0.3) is 11.8 Å². The molecule has 0 saturated heterocycles. The van der Waals surface area contributed by atoms with Gasteiger partial charge in [-0.1, -0.05) is 12.1 Å². The summed E-state index contributed by atoms with van der Waals surface area (Å²) in [5, 5.41) is 2.59. The number of para-hydroxylation sites is 1. The van der Waals surface area contributed by atoms with Gasteiger partial charge < -0.3 is 11.1 Å². The van der Waals surface area contributed by atoms with Crippen LogP contribution in [0.25, 0.3) is 0 Å². The molecule has 2 aromatic carbocycles. The summed E-state index contributed by atoms with van der Waals surface area (Å²) < 4.78 is 25.1. The Hall–Kier alpha value is -2.71. The standard InChI is InChI=1S/C16H17N3O4S/c1-19(2)24(22,23)12-9-7-11(8-10-12)16(21)18-14-6-4-3-5-13(14)15(17)20/h3-10H,1-2H3,(H2,17,20)(H,18,21). The van der Waals surface area contributed by atoms with Crippen LogP contribution in [0.4, 0.5) is 5.69 Å². The van der Waals surface area contributed by atoms with Crippen molar-refractivity contribution in [3.63, 3.8) is 0 Å². The third-order valence-corrected chi connectivity index (χ3v) is 5.17. The molecule has 24 heavy (non-hydrogen) atoms. The molecule has 0 aliphatic heterocycles. The molecule has 8 heteroatoms. The molecule has 0 aliphatic rings. The highest BCUT2D eigenvalue weighted by atomic mass is 32.2. The molecule has 0 fully saturated rings. The molecule has 0 atom stereocenters. The Bertz CT molecular complexity index is 874. The molecule has 0 radical (unpaired) electrons. The zero-order chi connectivity index (χ0) is 17.9. The van der Waals surface area contributed by atoms with Gasteiger partial charge in [0.2, 0.25) is 10.0 Å². The highest BCUT2D eigenvalue weighted by molar-refractivity contribution is 7.89. The number of rotatable bonds is 5. The number of carbonyl (C=O) groups excluding carboxylic acids is 2. The Morgan fingerprint density at radius 3 is 2.12 bits per heavy atom. The second-order valence-corrected chi connectivity index (χ2v) is 7.33. The first-order valence-electron chi connectivity index (χ1n) is 6.96. The molecule has 0 aromatic heterocycles. The van der Waals surface area contributed by atoms with Gasteiger partial charge in [-0.2, -0.15) is 0 Å². The van der Waals surface area contributed by atoms with Crippen molar-refractivity contribution in [3.8, 4) is 0 Å². The van der Waals surface area contributed by atoms with Crippen molar-refractivity contribution in [2.24, 2.45) is 5.73 Å². The first kappa shape index (κ1) is 17.6. The summed E-state index contributed by atoms with van der Waals surface area (Å²) in [6.45, 7) is 0. The van der Waals surface area contributed by atoms with Crippen LogP contribution in [0.15, 0.2) is 53.4 Å². The molecule has 0 aliphatic carbocycles. The first-order valence-corrected chi connectivity index (χ1v) is 8.40.